The van der Waals surface area contributed by atoms with Gasteiger partial charge in [-0.25, -0.2) is 9.97 Å². The van der Waals surface area contributed by atoms with Crippen molar-refractivity contribution in [1.29, 1.82) is 0 Å². The molecule has 0 unspecified atom stereocenters. The van der Waals surface area contributed by atoms with Crippen molar-refractivity contribution in [3.63, 3.8) is 0 Å². The van der Waals surface area contributed by atoms with Crippen LogP contribution in [0.1, 0.15) is 24.5 Å². The Hall–Kier alpha value is -1.91. The van der Waals surface area contributed by atoms with Gasteiger partial charge in [0.2, 0.25) is 0 Å². The molecule has 2 aromatic heterocycles. The number of hydrogen-bond donors (Lipinski definition) is 2. The Balaban J connectivity index is 1.97. The molecule has 76 valence electrons. The van der Waals surface area contributed by atoms with Gasteiger partial charge in [0, 0.05) is 17.8 Å². The average molecular weight is 201 g/mol. The van der Waals surface area contributed by atoms with Crippen LogP contribution in [0, 0.1) is 0 Å². The number of anilines is 1. The number of hydrogen-bond acceptors (Lipinski definition) is 4. The standard InChI is InChI=1S/C10H11N5/c11-9-3-4-12-10(13-9)8-5-7(14-15-8)6-1-2-6/h3-6H,1-2H2,(H,14,15)(H2,11,12,13). The maximum absolute atomic E-state index is 5.59. The number of nitrogens with two attached hydrogens (primary N) is 1. The van der Waals surface area contributed by atoms with Crippen molar-refractivity contribution in [2.24, 2.45) is 0 Å². The molecular weight excluding hydrogens is 190 g/mol. The summed E-state index contributed by atoms with van der Waals surface area (Å²) in [7, 11) is 0. The summed E-state index contributed by atoms with van der Waals surface area (Å²) in [6.45, 7) is 0. The first-order chi connectivity index (χ1) is 7.33. The zero-order chi connectivity index (χ0) is 10.3. The van der Waals surface area contributed by atoms with Crippen LogP contribution in [0.2, 0.25) is 0 Å². The Morgan fingerprint density at radius 3 is 3.00 bits per heavy atom. The van der Waals surface area contributed by atoms with Gasteiger partial charge in [-0.1, -0.05) is 0 Å². The first-order valence-electron chi connectivity index (χ1n) is 4.97. The first-order valence-corrected chi connectivity index (χ1v) is 4.97. The molecule has 15 heavy (non-hydrogen) atoms. The molecule has 2 aromatic rings. The van der Waals surface area contributed by atoms with Gasteiger partial charge in [0.05, 0.1) is 0 Å². The SMILES string of the molecule is Nc1ccnc(-c2cc(C3CC3)[nH]n2)n1. The average Bonchev–Trinajstić information content (AvgIpc) is 2.97. The number of H-pyrrole nitrogens is 1. The minimum Gasteiger partial charge on any atom is -0.384 e. The minimum atomic E-state index is 0.468. The minimum absolute atomic E-state index is 0.468. The Bertz CT molecular complexity index is 486. The second kappa shape index (κ2) is 3.05. The van der Waals surface area contributed by atoms with E-state index in [-0.39, 0.29) is 0 Å². The molecule has 0 saturated heterocycles. The fourth-order valence-corrected chi connectivity index (χ4v) is 1.55. The lowest BCUT2D eigenvalue weighted by Gasteiger charge is -1.94. The lowest BCUT2D eigenvalue weighted by atomic mass is 10.2. The largest absolute Gasteiger partial charge is 0.384 e. The summed E-state index contributed by atoms with van der Waals surface area (Å²) in [6.07, 6.45) is 4.14. The monoisotopic (exact) mass is 201 g/mol. The van der Waals surface area contributed by atoms with Crippen LogP contribution in [-0.4, -0.2) is 20.2 Å². The third-order valence-electron chi connectivity index (χ3n) is 2.52. The lowest BCUT2D eigenvalue weighted by molar-refractivity contribution is 0.963. The van der Waals surface area contributed by atoms with Gasteiger partial charge < -0.3 is 5.73 Å². The molecule has 0 amide bonds. The summed E-state index contributed by atoms with van der Waals surface area (Å²) in [5, 5.41) is 7.20. The van der Waals surface area contributed by atoms with E-state index in [4.69, 9.17) is 5.73 Å². The molecule has 0 radical (unpaired) electrons. The highest BCUT2D eigenvalue weighted by Gasteiger charge is 2.25. The third-order valence-corrected chi connectivity index (χ3v) is 2.52. The molecule has 0 atom stereocenters. The third kappa shape index (κ3) is 1.56. The quantitative estimate of drug-likeness (QED) is 0.768. The Morgan fingerprint density at radius 1 is 1.40 bits per heavy atom. The van der Waals surface area contributed by atoms with E-state index in [0.717, 1.165) is 5.69 Å². The van der Waals surface area contributed by atoms with Crippen LogP contribution in [0.25, 0.3) is 11.5 Å². The summed E-state index contributed by atoms with van der Waals surface area (Å²) in [5.74, 6) is 1.71. The highest BCUT2D eigenvalue weighted by Crippen LogP contribution is 2.39. The molecular formula is C10H11N5. The van der Waals surface area contributed by atoms with Gasteiger partial charge in [-0.2, -0.15) is 5.10 Å². The van der Waals surface area contributed by atoms with Crippen molar-refractivity contribution in [3.8, 4) is 11.5 Å². The second-order valence-electron chi connectivity index (χ2n) is 3.79. The molecule has 1 saturated carbocycles. The van der Waals surface area contributed by atoms with Crippen LogP contribution in [0.5, 0.6) is 0 Å². The van der Waals surface area contributed by atoms with E-state index >= 15 is 0 Å². The Kier molecular flexibility index (Phi) is 1.71. The number of nitrogen functional groups attached to an aromatic ring is 1. The highest BCUT2D eigenvalue weighted by atomic mass is 15.1. The summed E-state index contributed by atoms with van der Waals surface area (Å²) in [5.41, 5.74) is 7.53. The summed E-state index contributed by atoms with van der Waals surface area (Å²) >= 11 is 0. The van der Waals surface area contributed by atoms with Gasteiger partial charge >= 0.3 is 0 Å². The zero-order valence-electron chi connectivity index (χ0n) is 8.14. The van der Waals surface area contributed by atoms with E-state index in [1.807, 2.05) is 6.07 Å². The lowest BCUT2D eigenvalue weighted by Crippen LogP contribution is -1.94. The molecule has 1 fully saturated rings. The number of nitrogens with zero attached hydrogens (tertiary/aromatic N) is 3. The summed E-state index contributed by atoms with van der Waals surface area (Å²) in [6, 6.07) is 3.67. The first kappa shape index (κ1) is 8.40. The van der Waals surface area contributed by atoms with Crippen LogP contribution in [0.15, 0.2) is 18.3 Å². The predicted molar refractivity (Wildman–Crippen MR) is 56.0 cm³/mol. The number of aromatic amines is 1. The summed E-state index contributed by atoms with van der Waals surface area (Å²) < 4.78 is 0. The summed E-state index contributed by atoms with van der Waals surface area (Å²) in [4.78, 5) is 8.25. The van der Waals surface area contributed by atoms with Gasteiger partial charge in [-0.05, 0) is 25.0 Å². The highest BCUT2D eigenvalue weighted by molar-refractivity contribution is 5.51. The smallest absolute Gasteiger partial charge is 0.182 e. The molecule has 5 heteroatoms. The second-order valence-corrected chi connectivity index (χ2v) is 3.79. The van der Waals surface area contributed by atoms with E-state index in [9.17, 15) is 0 Å². The molecule has 0 aliphatic heterocycles. The normalized spacial score (nSPS) is 15.5. The van der Waals surface area contributed by atoms with Gasteiger partial charge in [0.1, 0.15) is 11.5 Å². The number of nitrogens with one attached hydrogen (secondary N) is 1. The van der Waals surface area contributed by atoms with Gasteiger partial charge in [-0.3, -0.25) is 5.10 Å². The predicted octanol–water partition coefficient (Wildman–Crippen LogP) is 1.33. The van der Waals surface area contributed by atoms with Crippen molar-refractivity contribution in [1.82, 2.24) is 20.2 Å². The maximum atomic E-state index is 5.59. The van der Waals surface area contributed by atoms with E-state index in [1.54, 1.807) is 12.3 Å². The fraction of sp³-hybridized carbons (Fsp3) is 0.300. The van der Waals surface area contributed by atoms with Crippen LogP contribution >= 0.6 is 0 Å². The van der Waals surface area contributed by atoms with Crippen LogP contribution < -0.4 is 5.73 Å². The van der Waals surface area contributed by atoms with E-state index in [2.05, 4.69) is 20.2 Å². The molecule has 3 N–H and O–H groups in total. The number of rotatable bonds is 2. The van der Waals surface area contributed by atoms with Crippen LogP contribution in [0.4, 0.5) is 5.82 Å². The van der Waals surface area contributed by atoms with Crippen LogP contribution in [-0.2, 0) is 0 Å². The fourth-order valence-electron chi connectivity index (χ4n) is 1.55. The molecule has 5 nitrogen and oxygen atoms in total. The maximum Gasteiger partial charge on any atom is 0.182 e. The van der Waals surface area contributed by atoms with E-state index in [0.29, 0.717) is 17.6 Å². The number of aromatic nitrogens is 4. The van der Waals surface area contributed by atoms with Gasteiger partial charge in [-0.15, -0.1) is 0 Å². The molecule has 1 aliphatic rings. The van der Waals surface area contributed by atoms with Gasteiger partial charge in [0.25, 0.3) is 0 Å². The topological polar surface area (TPSA) is 80.5 Å². The van der Waals surface area contributed by atoms with E-state index in [1.165, 1.54) is 18.5 Å². The Labute approximate surface area is 86.8 Å². The Morgan fingerprint density at radius 2 is 2.27 bits per heavy atom. The van der Waals surface area contributed by atoms with Crippen molar-refractivity contribution in [2.45, 2.75) is 18.8 Å². The van der Waals surface area contributed by atoms with Crippen molar-refractivity contribution < 1.29 is 0 Å². The molecule has 3 rings (SSSR count). The molecule has 0 aromatic carbocycles. The van der Waals surface area contributed by atoms with E-state index < -0.39 is 0 Å². The van der Waals surface area contributed by atoms with Crippen molar-refractivity contribution >= 4 is 5.82 Å². The van der Waals surface area contributed by atoms with Gasteiger partial charge in [0.15, 0.2) is 5.82 Å². The molecule has 0 bridgehead atoms. The molecule has 2 heterocycles. The van der Waals surface area contributed by atoms with Crippen molar-refractivity contribution in [3.05, 3.63) is 24.0 Å². The molecule has 1 aliphatic carbocycles. The van der Waals surface area contributed by atoms with Crippen molar-refractivity contribution in [2.75, 3.05) is 5.73 Å². The van der Waals surface area contributed by atoms with Crippen LogP contribution in [0.3, 0.4) is 0 Å². The molecule has 0 spiro atoms. The zero-order valence-corrected chi connectivity index (χ0v) is 8.14.